The minimum absolute atomic E-state index is 0.0312. The Morgan fingerprint density at radius 2 is 2.15 bits per heavy atom. The molecule has 20 heavy (non-hydrogen) atoms. The van der Waals surface area contributed by atoms with Crippen LogP contribution in [0.15, 0.2) is 23.0 Å². The van der Waals surface area contributed by atoms with Gasteiger partial charge in [0.25, 0.3) is 0 Å². The van der Waals surface area contributed by atoms with Gasteiger partial charge < -0.3 is 14.2 Å². The van der Waals surface area contributed by atoms with E-state index < -0.39 is 0 Å². The molecule has 1 fully saturated rings. The summed E-state index contributed by atoms with van der Waals surface area (Å²) in [6, 6.07) is 1.47. The van der Waals surface area contributed by atoms with Gasteiger partial charge in [-0.1, -0.05) is 0 Å². The molecule has 6 heteroatoms. The van der Waals surface area contributed by atoms with Crippen molar-refractivity contribution in [2.24, 2.45) is 0 Å². The highest BCUT2D eigenvalue weighted by atomic mass is 32.2. The van der Waals surface area contributed by atoms with Gasteiger partial charge in [0.2, 0.25) is 11.8 Å². The van der Waals surface area contributed by atoms with Crippen LogP contribution >= 0.6 is 11.8 Å². The van der Waals surface area contributed by atoms with Crippen molar-refractivity contribution < 1.29 is 14.0 Å². The Hall–Kier alpha value is -1.43. The fourth-order valence-electron chi connectivity index (χ4n) is 2.50. The molecule has 0 saturated carbocycles. The van der Waals surface area contributed by atoms with Crippen molar-refractivity contribution >= 4 is 23.6 Å². The number of carbonyl (C=O) groups is 2. The lowest BCUT2D eigenvalue weighted by Gasteiger charge is -2.30. The van der Waals surface area contributed by atoms with Crippen molar-refractivity contribution in [1.29, 1.82) is 0 Å². The van der Waals surface area contributed by atoms with Crippen molar-refractivity contribution in [3.8, 4) is 0 Å². The first-order valence-corrected chi connectivity index (χ1v) is 7.86. The van der Waals surface area contributed by atoms with E-state index in [1.807, 2.05) is 19.9 Å². The van der Waals surface area contributed by atoms with Gasteiger partial charge in [-0.3, -0.25) is 9.59 Å². The van der Waals surface area contributed by atoms with Crippen LogP contribution in [0.25, 0.3) is 0 Å². The molecule has 0 N–H and O–H groups in total. The van der Waals surface area contributed by atoms with Gasteiger partial charge in [-0.25, -0.2) is 0 Å². The zero-order chi connectivity index (χ0) is 14.7. The smallest absolute Gasteiger partial charge is 0.246 e. The molecule has 2 atom stereocenters. The van der Waals surface area contributed by atoms with Gasteiger partial charge in [-0.05, 0) is 19.9 Å². The zero-order valence-electron chi connectivity index (χ0n) is 12.0. The largest absolute Gasteiger partial charge is 0.472 e. The maximum absolute atomic E-state index is 12.5. The second-order valence-electron chi connectivity index (χ2n) is 4.69. The number of furan rings is 1. The first kappa shape index (κ1) is 15.0. The second-order valence-corrected chi connectivity index (χ2v) is 5.81. The average Bonchev–Trinajstić information content (AvgIpc) is 3.08. The SMILES string of the molecule is CCN(CC)C(=O)C1CSC(c2ccoc2)N1C(C)=O. The molecule has 0 bridgehead atoms. The van der Waals surface area contributed by atoms with Gasteiger partial charge in [-0.15, -0.1) is 11.8 Å². The summed E-state index contributed by atoms with van der Waals surface area (Å²) in [6.45, 7) is 6.75. The van der Waals surface area contributed by atoms with E-state index in [1.54, 1.807) is 34.1 Å². The van der Waals surface area contributed by atoms with Crippen LogP contribution in [0.5, 0.6) is 0 Å². The maximum atomic E-state index is 12.5. The summed E-state index contributed by atoms with van der Waals surface area (Å²) >= 11 is 1.61. The van der Waals surface area contributed by atoms with Crippen molar-refractivity contribution in [3.05, 3.63) is 24.2 Å². The van der Waals surface area contributed by atoms with Crippen LogP contribution in [0, 0.1) is 0 Å². The summed E-state index contributed by atoms with van der Waals surface area (Å²) < 4.78 is 5.09. The van der Waals surface area contributed by atoms with Gasteiger partial charge >= 0.3 is 0 Å². The van der Waals surface area contributed by atoms with Crippen molar-refractivity contribution in [2.45, 2.75) is 32.2 Å². The highest BCUT2D eigenvalue weighted by Gasteiger charge is 2.42. The highest BCUT2D eigenvalue weighted by molar-refractivity contribution is 7.99. The fourth-order valence-corrected chi connectivity index (χ4v) is 3.95. The van der Waals surface area contributed by atoms with E-state index >= 15 is 0 Å². The Morgan fingerprint density at radius 1 is 1.45 bits per heavy atom. The molecule has 110 valence electrons. The topological polar surface area (TPSA) is 53.8 Å². The molecule has 2 heterocycles. The van der Waals surface area contributed by atoms with E-state index in [0.29, 0.717) is 18.8 Å². The van der Waals surface area contributed by atoms with E-state index in [9.17, 15) is 9.59 Å². The number of nitrogens with zero attached hydrogens (tertiary/aromatic N) is 2. The average molecular weight is 296 g/mol. The third-order valence-electron chi connectivity index (χ3n) is 3.55. The molecule has 0 spiro atoms. The Balaban J connectivity index is 2.23. The number of likely N-dealkylation sites (N-methyl/N-ethyl adjacent to an activating group) is 1. The summed E-state index contributed by atoms with van der Waals surface area (Å²) in [5, 5.41) is -0.129. The monoisotopic (exact) mass is 296 g/mol. The molecule has 1 saturated heterocycles. The Morgan fingerprint density at radius 3 is 2.65 bits per heavy atom. The van der Waals surface area contributed by atoms with E-state index in [1.165, 1.54) is 6.92 Å². The Labute approximate surface area is 123 Å². The summed E-state index contributed by atoms with van der Waals surface area (Å²) in [5.74, 6) is 0.584. The van der Waals surface area contributed by atoms with Crippen LogP contribution in [0.4, 0.5) is 0 Å². The summed E-state index contributed by atoms with van der Waals surface area (Å²) in [4.78, 5) is 28.0. The van der Waals surface area contributed by atoms with E-state index in [-0.39, 0.29) is 23.2 Å². The first-order valence-electron chi connectivity index (χ1n) is 6.81. The Kier molecular flexibility index (Phi) is 4.75. The van der Waals surface area contributed by atoms with Crippen molar-refractivity contribution in [3.63, 3.8) is 0 Å². The summed E-state index contributed by atoms with van der Waals surface area (Å²) in [7, 11) is 0. The van der Waals surface area contributed by atoms with Gasteiger partial charge in [-0.2, -0.15) is 0 Å². The maximum Gasteiger partial charge on any atom is 0.246 e. The molecule has 2 amide bonds. The zero-order valence-corrected chi connectivity index (χ0v) is 12.9. The first-order chi connectivity index (χ1) is 9.60. The molecule has 1 aliphatic rings. The third kappa shape index (κ3) is 2.70. The number of carbonyl (C=O) groups excluding carboxylic acids is 2. The molecule has 1 aliphatic heterocycles. The van der Waals surface area contributed by atoms with Gasteiger partial charge in [0.1, 0.15) is 11.4 Å². The molecule has 1 aromatic rings. The third-order valence-corrected chi connectivity index (χ3v) is 4.88. The predicted molar refractivity (Wildman–Crippen MR) is 78.1 cm³/mol. The van der Waals surface area contributed by atoms with Crippen LogP contribution in [0.3, 0.4) is 0 Å². The predicted octanol–water partition coefficient (Wildman–Crippen LogP) is 2.11. The number of rotatable bonds is 4. The molecule has 1 aromatic heterocycles. The van der Waals surface area contributed by atoms with Crippen LogP contribution in [0.2, 0.25) is 0 Å². The summed E-state index contributed by atoms with van der Waals surface area (Å²) in [6.07, 6.45) is 3.23. The number of hydrogen-bond acceptors (Lipinski definition) is 4. The minimum Gasteiger partial charge on any atom is -0.472 e. The fraction of sp³-hybridized carbons (Fsp3) is 0.571. The lowest BCUT2D eigenvalue weighted by atomic mass is 10.2. The second kappa shape index (κ2) is 6.35. The summed E-state index contributed by atoms with van der Waals surface area (Å²) in [5.41, 5.74) is 0.931. The number of amides is 2. The van der Waals surface area contributed by atoms with Crippen LogP contribution in [-0.2, 0) is 9.59 Å². The highest BCUT2D eigenvalue weighted by Crippen LogP contribution is 2.41. The van der Waals surface area contributed by atoms with E-state index in [2.05, 4.69) is 0 Å². The van der Waals surface area contributed by atoms with Gasteiger partial charge in [0, 0.05) is 31.3 Å². The standard InChI is InChI=1S/C14H20N2O3S/c1-4-15(5-2)13(18)12-9-20-14(16(12)10(3)17)11-6-7-19-8-11/h6-8,12,14H,4-5,9H2,1-3H3. The molecule has 2 rings (SSSR count). The van der Waals surface area contributed by atoms with Crippen molar-refractivity contribution in [2.75, 3.05) is 18.8 Å². The molecular formula is C14H20N2O3S. The van der Waals surface area contributed by atoms with Crippen LogP contribution in [0.1, 0.15) is 31.7 Å². The molecular weight excluding hydrogens is 276 g/mol. The normalized spacial score (nSPS) is 22.1. The number of hydrogen-bond donors (Lipinski definition) is 0. The number of thioether (sulfide) groups is 1. The molecule has 0 aliphatic carbocycles. The molecule has 0 aromatic carbocycles. The van der Waals surface area contributed by atoms with Crippen molar-refractivity contribution in [1.82, 2.24) is 9.80 Å². The van der Waals surface area contributed by atoms with Crippen LogP contribution in [-0.4, -0.2) is 46.5 Å². The molecule has 5 nitrogen and oxygen atoms in total. The van der Waals surface area contributed by atoms with Gasteiger partial charge in [0.15, 0.2) is 0 Å². The minimum atomic E-state index is -0.378. The lowest BCUT2D eigenvalue weighted by molar-refractivity contribution is -0.143. The van der Waals surface area contributed by atoms with Gasteiger partial charge in [0.05, 0.1) is 12.5 Å². The lowest BCUT2D eigenvalue weighted by Crippen LogP contribution is -2.48. The Bertz CT molecular complexity index is 471. The molecule has 2 unspecified atom stereocenters. The quantitative estimate of drug-likeness (QED) is 0.854. The van der Waals surface area contributed by atoms with E-state index in [0.717, 1.165) is 5.56 Å². The molecule has 0 radical (unpaired) electrons. The van der Waals surface area contributed by atoms with Crippen LogP contribution < -0.4 is 0 Å². The van der Waals surface area contributed by atoms with E-state index in [4.69, 9.17) is 4.42 Å².